The molecule has 1 aromatic rings. The third-order valence-electron chi connectivity index (χ3n) is 3.12. The van der Waals surface area contributed by atoms with Crippen molar-refractivity contribution in [1.82, 2.24) is 0 Å². The Labute approximate surface area is 110 Å². The molecule has 1 aromatic carbocycles. The normalized spacial score (nSPS) is 11.9. The molecule has 3 heteroatoms. The molecule has 0 radical (unpaired) electrons. The number of benzene rings is 1. The SMILES string of the molecule is CCCCCN(C)c1cc(C#N)ccc1[C@@H](C)O. The summed E-state index contributed by atoms with van der Waals surface area (Å²) in [6.07, 6.45) is 3.01. The Bertz CT molecular complexity index is 421. The molecule has 1 N–H and O–H groups in total. The number of hydrogen-bond donors (Lipinski definition) is 1. The Kier molecular flexibility index (Phi) is 5.67. The molecule has 0 saturated carbocycles. The van der Waals surface area contributed by atoms with E-state index in [0.717, 1.165) is 24.2 Å². The smallest absolute Gasteiger partial charge is 0.0992 e. The first-order valence-corrected chi connectivity index (χ1v) is 6.53. The van der Waals surface area contributed by atoms with E-state index in [2.05, 4.69) is 17.9 Å². The number of nitriles is 1. The van der Waals surface area contributed by atoms with Crippen LogP contribution in [0.1, 0.15) is 50.3 Å². The van der Waals surface area contributed by atoms with E-state index < -0.39 is 6.10 Å². The highest BCUT2D eigenvalue weighted by Crippen LogP contribution is 2.27. The second-order valence-electron chi connectivity index (χ2n) is 4.69. The minimum atomic E-state index is -0.513. The minimum Gasteiger partial charge on any atom is -0.389 e. The molecule has 0 aliphatic rings. The number of aliphatic hydroxyl groups excluding tert-OH is 1. The molecular formula is C15H22N2O. The molecule has 0 heterocycles. The van der Waals surface area contributed by atoms with Crippen LogP contribution in [-0.2, 0) is 0 Å². The molecule has 18 heavy (non-hydrogen) atoms. The largest absolute Gasteiger partial charge is 0.389 e. The van der Waals surface area contributed by atoms with E-state index in [4.69, 9.17) is 5.26 Å². The van der Waals surface area contributed by atoms with Crippen molar-refractivity contribution in [2.45, 2.75) is 39.2 Å². The van der Waals surface area contributed by atoms with Gasteiger partial charge in [-0.2, -0.15) is 5.26 Å². The van der Waals surface area contributed by atoms with E-state index in [1.165, 1.54) is 12.8 Å². The Morgan fingerprint density at radius 1 is 1.39 bits per heavy atom. The van der Waals surface area contributed by atoms with Crippen LogP contribution in [0.4, 0.5) is 5.69 Å². The molecule has 0 aromatic heterocycles. The third kappa shape index (κ3) is 3.75. The molecular weight excluding hydrogens is 224 g/mol. The lowest BCUT2D eigenvalue weighted by atomic mass is 10.0. The first kappa shape index (κ1) is 14.5. The molecule has 1 atom stereocenters. The second kappa shape index (κ2) is 7.03. The van der Waals surface area contributed by atoms with Gasteiger partial charge in [0.1, 0.15) is 0 Å². The molecule has 0 aliphatic heterocycles. The van der Waals surface area contributed by atoms with Gasteiger partial charge in [0.2, 0.25) is 0 Å². The predicted molar refractivity (Wildman–Crippen MR) is 74.6 cm³/mol. The van der Waals surface area contributed by atoms with Gasteiger partial charge in [-0.15, -0.1) is 0 Å². The van der Waals surface area contributed by atoms with E-state index in [1.54, 1.807) is 13.0 Å². The number of hydrogen-bond acceptors (Lipinski definition) is 3. The zero-order valence-corrected chi connectivity index (χ0v) is 11.5. The maximum Gasteiger partial charge on any atom is 0.0992 e. The predicted octanol–water partition coefficient (Wildman–Crippen LogP) is 3.24. The maximum atomic E-state index is 9.78. The quantitative estimate of drug-likeness (QED) is 0.784. The van der Waals surface area contributed by atoms with Crippen molar-refractivity contribution in [3.05, 3.63) is 29.3 Å². The van der Waals surface area contributed by atoms with E-state index in [-0.39, 0.29) is 0 Å². The Hall–Kier alpha value is -1.53. The summed E-state index contributed by atoms with van der Waals surface area (Å²) in [5.41, 5.74) is 2.48. The van der Waals surface area contributed by atoms with Crippen molar-refractivity contribution < 1.29 is 5.11 Å². The first-order valence-electron chi connectivity index (χ1n) is 6.53. The molecule has 98 valence electrons. The van der Waals surface area contributed by atoms with Gasteiger partial charge in [0, 0.05) is 24.8 Å². The maximum absolute atomic E-state index is 9.78. The average Bonchev–Trinajstić information content (AvgIpc) is 2.38. The minimum absolute atomic E-state index is 0.513. The first-order chi connectivity index (χ1) is 8.60. The Balaban J connectivity index is 2.93. The summed E-state index contributed by atoms with van der Waals surface area (Å²) >= 11 is 0. The van der Waals surface area contributed by atoms with Crippen LogP contribution in [0.3, 0.4) is 0 Å². The molecule has 0 amide bonds. The molecule has 3 nitrogen and oxygen atoms in total. The molecule has 0 spiro atoms. The van der Waals surface area contributed by atoms with E-state index >= 15 is 0 Å². The van der Waals surface area contributed by atoms with Crippen LogP contribution in [0, 0.1) is 11.3 Å². The van der Waals surface area contributed by atoms with Crippen molar-refractivity contribution in [1.29, 1.82) is 5.26 Å². The average molecular weight is 246 g/mol. The van der Waals surface area contributed by atoms with Crippen molar-refractivity contribution in [2.24, 2.45) is 0 Å². The summed E-state index contributed by atoms with van der Waals surface area (Å²) in [5.74, 6) is 0. The van der Waals surface area contributed by atoms with Gasteiger partial charge in [0.15, 0.2) is 0 Å². The highest BCUT2D eigenvalue weighted by atomic mass is 16.3. The molecule has 0 saturated heterocycles. The van der Waals surface area contributed by atoms with Gasteiger partial charge < -0.3 is 10.0 Å². The zero-order chi connectivity index (χ0) is 13.5. The fourth-order valence-corrected chi connectivity index (χ4v) is 2.02. The summed E-state index contributed by atoms with van der Waals surface area (Å²) in [6, 6.07) is 7.60. The summed E-state index contributed by atoms with van der Waals surface area (Å²) in [7, 11) is 2.01. The Morgan fingerprint density at radius 3 is 2.67 bits per heavy atom. The van der Waals surface area contributed by atoms with E-state index in [1.807, 2.05) is 19.2 Å². The van der Waals surface area contributed by atoms with Gasteiger partial charge in [-0.25, -0.2) is 0 Å². The van der Waals surface area contributed by atoms with Crippen molar-refractivity contribution in [3.63, 3.8) is 0 Å². The molecule has 0 aliphatic carbocycles. The zero-order valence-electron chi connectivity index (χ0n) is 11.5. The van der Waals surface area contributed by atoms with Crippen LogP contribution in [-0.4, -0.2) is 18.7 Å². The standard InChI is InChI=1S/C15H22N2O/c1-4-5-6-9-17(3)15-10-13(11-16)7-8-14(15)12(2)18/h7-8,10,12,18H,4-6,9H2,1-3H3/t12-/m1/s1. The lowest BCUT2D eigenvalue weighted by molar-refractivity contribution is 0.199. The summed E-state index contributed by atoms with van der Waals surface area (Å²) in [5, 5.41) is 18.7. The van der Waals surface area contributed by atoms with Gasteiger partial charge >= 0.3 is 0 Å². The molecule has 0 fully saturated rings. The summed E-state index contributed by atoms with van der Waals surface area (Å²) < 4.78 is 0. The summed E-state index contributed by atoms with van der Waals surface area (Å²) in [6.45, 7) is 4.88. The van der Waals surface area contributed by atoms with Crippen LogP contribution >= 0.6 is 0 Å². The highest BCUT2D eigenvalue weighted by molar-refractivity contribution is 5.58. The van der Waals surface area contributed by atoms with Crippen molar-refractivity contribution >= 4 is 5.69 Å². The highest BCUT2D eigenvalue weighted by Gasteiger charge is 2.12. The lowest BCUT2D eigenvalue weighted by Crippen LogP contribution is -2.20. The molecule has 0 bridgehead atoms. The van der Waals surface area contributed by atoms with Gasteiger partial charge in [-0.3, -0.25) is 0 Å². The van der Waals surface area contributed by atoms with Gasteiger partial charge in [0.05, 0.1) is 17.7 Å². The fourth-order valence-electron chi connectivity index (χ4n) is 2.02. The van der Waals surface area contributed by atoms with E-state index in [0.29, 0.717) is 5.56 Å². The monoisotopic (exact) mass is 246 g/mol. The van der Waals surface area contributed by atoms with Gasteiger partial charge in [-0.05, 0) is 25.5 Å². The van der Waals surface area contributed by atoms with Gasteiger partial charge in [0.25, 0.3) is 0 Å². The van der Waals surface area contributed by atoms with Crippen molar-refractivity contribution in [3.8, 4) is 6.07 Å². The third-order valence-corrected chi connectivity index (χ3v) is 3.12. The molecule has 1 rings (SSSR count). The van der Waals surface area contributed by atoms with E-state index in [9.17, 15) is 5.11 Å². The number of aliphatic hydroxyl groups is 1. The summed E-state index contributed by atoms with van der Waals surface area (Å²) in [4.78, 5) is 2.12. The van der Waals surface area contributed by atoms with Gasteiger partial charge in [-0.1, -0.05) is 25.8 Å². The number of unbranched alkanes of at least 4 members (excludes halogenated alkanes) is 2. The molecule has 0 unspecified atom stereocenters. The fraction of sp³-hybridized carbons (Fsp3) is 0.533. The van der Waals surface area contributed by atoms with Crippen LogP contribution in [0.5, 0.6) is 0 Å². The number of anilines is 1. The van der Waals surface area contributed by atoms with Crippen LogP contribution in [0.2, 0.25) is 0 Å². The second-order valence-corrected chi connectivity index (χ2v) is 4.69. The van der Waals surface area contributed by atoms with Crippen molar-refractivity contribution in [2.75, 3.05) is 18.5 Å². The van der Waals surface area contributed by atoms with Crippen LogP contribution in [0.25, 0.3) is 0 Å². The Morgan fingerprint density at radius 2 is 2.11 bits per heavy atom. The van der Waals surface area contributed by atoms with Crippen LogP contribution in [0.15, 0.2) is 18.2 Å². The topological polar surface area (TPSA) is 47.3 Å². The number of rotatable bonds is 6. The lowest BCUT2D eigenvalue weighted by Gasteiger charge is -2.24. The number of nitrogens with zero attached hydrogens (tertiary/aromatic N) is 2. The van der Waals surface area contributed by atoms with Crippen LogP contribution < -0.4 is 4.90 Å².